The average molecular weight is 420 g/mol. The van der Waals surface area contributed by atoms with Crippen molar-refractivity contribution in [2.45, 2.75) is 6.54 Å². The van der Waals surface area contributed by atoms with E-state index in [0.717, 1.165) is 39.6 Å². The molecule has 1 fully saturated rings. The van der Waals surface area contributed by atoms with E-state index >= 15 is 0 Å². The SMILES string of the molecule is CN(Cc1cc2c(N3CCOCC3)nc(-c3cncnc3)nc2s1)CS(=O)[O-]. The maximum atomic E-state index is 10.9. The average Bonchev–Trinajstić information content (AvgIpc) is 3.10. The second kappa shape index (κ2) is 8.53. The molecule has 0 bridgehead atoms. The highest BCUT2D eigenvalue weighted by molar-refractivity contribution is 7.79. The van der Waals surface area contributed by atoms with Crippen LogP contribution in [0.15, 0.2) is 24.8 Å². The number of morpholine rings is 1. The molecular formula is C17H19N6O3S2-. The third kappa shape index (κ3) is 4.33. The molecule has 4 heterocycles. The predicted octanol–water partition coefficient (Wildman–Crippen LogP) is 1.25. The standard InChI is InChI=1S/C17H20N6O3S2/c1-22(11-28(24)25)9-13-6-14-16(23-2-4-26-5-3-23)20-15(21-17(14)27-13)12-7-18-10-19-8-12/h6-8,10H,2-5,9,11H2,1H3,(H,24,25)/p-1. The Labute approximate surface area is 168 Å². The molecule has 4 rings (SSSR count). The van der Waals surface area contributed by atoms with Crippen LogP contribution < -0.4 is 4.90 Å². The van der Waals surface area contributed by atoms with Gasteiger partial charge in [0, 0.05) is 36.9 Å². The normalized spacial score (nSPS) is 16.0. The molecule has 3 aromatic rings. The Morgan fingerprint density at radius 2 is 2.04 bits per heavy atom. The number of ether oxygens (including phenoxy) is 1. The number of rotatable bonds is 6. The van der Waals surface area contributed by atoms with Crippen LogP contribution in [0.1, 0.15) is 4.88 Å². The van der Waals surface area contributed by atoms with Crippen LogP contribution in [0.4, 0.5) is 5.82 Å². The zero-order valence-electron chi connectivity index (χ0n) is 15.3. The van der Waals surface area contributed by atoms with Gasteiger partial charge in [-0.15, -0.1) is 11.3 Å². The van der Waals surface area contributed by atoms with Crippen molar-refractivity contribution in [2.75, 3.05) is 44.1 Å². The van der Waals surface area contributed by atoms with Crippen LogP contribution in [0.2, 0.25) is 0 Å². The first-order valence-electron chi connectivity index (χ1n) is 8.73. The van der Waals surface area contributed by atoms with Gasteiger partial charge in [0.2, 0.25) is 0 Å². The molecule has 0 spiro atoms. The van der Waals surface area contributed by atoms with Gasteiger partial charge in [-0.05, 0) is 24.2 Å². The number of nitrogens with zero attached hydrogens (tertiary/aromatic N) is 6. The Morgan fingerprint density at radius 3 is 2.75 bits per heavy atom. The zero-order valence-corrected chi connectivity index (χ0v) is 16.9. The number of fused-ring (bicyclic) bond motifs is 1. The number of hydrogen-bond acceptors (Lipinski definition) is 10. The molecule has 1 aliphatic heterocycles. The van der Waals surface area contributed by atoms with E-state index < -0.39 is 11.1 Å². The van der Waals surface area contributed by atoms with Gasteiger partial charge in [-0.2, -0.15) is 0 Å². The third-order valence-electron chi connectivity index (χ3n) is 4.30. The van der Waals surface area contributed by atoms with E-state index in [2.05, 4.69) is 20.9 Å². The highest BCUT2D eigenvalue weighted by Crippen LogP contribution is 2.34. The Bertz CT molecular complexity index is 978. The second-order valence-electron chi connectivity index (χ2n) is 6.48. The number of thiophene rings is 1. The lowest BCUT2D eigenvalue weighted by atomic mass is 10.2. The molecule has 28 heavy (non-hydrogen) atoms. The number of hydrogen-bond donors (Lipinski definition) is 0. The van der Waals surface area contributed by atoms with Gasteiger partial charge in [0.1, 0.15) is 17.0 Å². The van der Waals surface area contributed by atoms with Crippen molar-refractivity contribution in [1.29, 1.82) is 0 Å². The van der Waals surface area contributed by atoms with Crippen molar-refractivity contribution < 1.29 is 13.5 Å². The summed E-state index contributed by atoms with van der Waals surface area (Å²) < 4.78 is 27.4. The summed E-state index contributed by atoms with van der Waals surface area (Å²) in [6, 6.07) is 2.06. The van der Waals surface area contributed by atoms with Crippen molar-refractivity contribution in [3.05, 3.63) is 29.7 Å². The molecule has 1 saturated heterocycles. The molecule has 11 heteroatoms. The van der Waals surface area contributed by atoms with Crippen molar-refractivity contribution in [3.8, 4) is 11.4 Å². The van der Waals surface area contributed by atoms with E-state index in [4.69, 9.17) is 14.7 Å². The fourth-order valence-corrected chi connectivity index (χ4v) is 4.64. The maximum Gasteiger partial charge on any atom is 0.166 e. The molecule has 1 unspecified atom stereocenters. The molecule has 9 nitrogen and oxygen atoms in total. The van der Waals surface area contributed by atoms with Crippen molar-refractivity contribution in [3.63, 3.8) is 0 Å². The van der Waals surface area contributed by atoms with Crippen LogP contribution >= 0.6 is 11.3 Å². The van der Waals surface area contributed by atoms with Gasteiger partial charge in [-0.1, -0.05) is 0 Å². The Kier molecular flexibility index (Phi) is 5.87. The van der Waals surface area contributed by atoms with Gasteiger partial charge in [0.25, 0.3) is 0 Å². The second-order valence-corrected chi connectivity index (χ2v) is 8.46. The summed E-state index contributed by atoms with van der Waals surface area (Å²) >= 11 is -0.560. The minimum atomic E-state index is -2.11. The molecule has 148 valence electrons. The molecule has 0 N–H and O–H groups in total. The fourth-order valence-electron chi connectivity index (χ4n) is 3.09. The molecule has 0 aliphatic carbocycles. The highest BCUT2D eigenvalue weighted by Gasteiger charge is 2.20. The molecular weight excluding hydrogens is 400 g/mol. The summed E-state index contributed by atoms with van der Waals surface area (Å²) in [4.78, 5) is 23.5. The van der Waals surface area contributed by atoms with E-state index in [9.17, 15) is 8.76 Å². The molecule has 0 amide bonds. The first kappa shape index (κ1) is 19.3. The van der Waals surface area contributed by atoms with Gasteiger partial charge < -0.3 is 14.2 Å². The molecule has 1 atom stereocenters. The highest BCUT2D eigenvalue weighted by atomic mass is 32.2. The smallest absolute Gasteiger partial charge is 0.166 e. The minimum Gasteiger partial charge on any atom is -0.771 e. The monoisotopic (exact) mass is 419 g/mol. The zero-order chi connectivity index (χ0) is 19.5. The van der Waals surface area contributed by atoms with E-state index in [1.807, 2.05) is 0 Å². The van der Waals surface area contributed by atoms with Gasteiger partial charge in [0.05, 0.1) is 30.0 Å². The van der Waals surface area contributed by atoms with E-state index in [1.54, 1.807) is 35.7 Å². The lowest BCUT2D eigenvalue weighted by molar-refractivity contribution is 0.122. The van der Waals surface area contributed by atoms with Crippen LogP contribution in [0.25, 0.3) is 21.6 Å². The Balaban J connectivity index is 1.75. The van der Waals surface area contributed by atoms with Gasteiger partial charge in [0.15, 0.2) is 5.82 Å². The van der Waals surface area contributed by atoms with Gasteiger partial charge >= 0.3 is 0 Å². The molecule has 0 aromatic carbocycles. The minimum absolute atomic E-state index is 0.0111. The first-order chi connectivity index (χ1) is 13.6. The van der Waals surface area contributed by atoms with Crippen molar-refractivity contribution in [1.82, 2.24) is 24.8 Å². The lowest BCUT2D eigenvalue weighted by Gasteiger charge is -2.28. The van der Waals surface area contributed by atoms with E-state index in [-0.39, 0.29) is 5.88 Å². The summed E-state index contributed by atoms with van der Waals surface area (Å²) in [6.07, 6.45) is 4.87. The number of aromatic nitrogens is 4. The first-order valence-corrected chi connectivity index (χ1v) is 10.8. The van der Waals surface area contributed by atoms with Crippen LogP contribution in [-0.2, 0) is 22.4 Å². The Hall–Kier alpha value is -2.05. The fraction of sp³-hybridized carbons (Fsp3) is 0.412. The van der Waals surface area contributed by atoms with Crippen LogP contribution in [0.5, 0.6) is 0 Å². The largest absolute Gasteiger partial charge is 0.771 e. The Morgan fingerprint density at radius 1 is 1.29 bits per heavy atom. The summed E-state index contributed by atoms with van der Waals surface area (Å²) in [5.41, 5.74) is 0.757. The molecule has 1 aliphatic rings. The van der Waals surface area contributed by atoms with Gasteiger partial charge in [-0.3, -0.25) is 9.11 Å². The summed E-state index contributed by atoms with van der Waals surface area (Å²) in [5.74, 6) is 1.43. The number of anilines is 1. The molecule has 0 radical (unpaired) electrons. The van der Waals surface area contributed by atoms with E-state index in [1.165, 1.54) is 6.33 Å². The maximum absolute atomic E-state index is 10.9. The topological polar surface area (TPSA) is 107 Å². The van der Waals surface area contributed by atoms with Crippen molar-refractivity contribution >= 4 is 38.5 Å². The lowest BCUT2D eigenvalue weighted by Crippen LogP contribution is -2.37. The summed E-state index contributed by atoms with van der Waals surface area (Å²) in [7, 11) is 1.78. The van der Waals surface area contributed by atoms with Crippen molar-refractivity contribution in [2.24, 2.45) is 0 Å². The quantitative estimate of drug-likeness (QED) is 0.546. The summed E-state index contributed by atoms with van der Waals surface area (Å²) in [5, 5.41) is 0.971. The van der Waals surface area contributed by atoms with E-state index in [0.29, 0.717) is 25.6 Å². The van der Waals surface area contributed by atoms with Gasteiger partial charge in [-0.25, -0.2) is 19.9 Å². The van der Waals surface area contributed by atoms with Crippen LogP contribution in [0.3, 0.4) is 0 Å². The molecule has 3 aromatic heterocycles. The predicted molar refractivity (Wildman–Crippen MR) is 107 cm³/mol. The molecule has 0 saturated carbocycles. The third-order valence-corrected chi connectivity index (χ3v) is 5.97. The van der Waals surface area contributed by atoms with Crippen LogP contribution in [0, 0.1) is 0 Å². The summed E-state index contributed by atoms with van der Waals surface area (Å²) in [6.45, 7) is 3.37. The van der Waals surface area contributed by atoms with Crippen LogP contribution in [-0.4, -0.2) is 72.8 Å².